The lowest BCUT2D eigenvalue weighted by Gasteiger charge is -2.06. The largest absolute Gasteiger partial charge is 0.489 e. The summed E-state index contributed by atoms with van der Waals surface area (Å²) in [5, 5.41) is 4.18. The number of anilines is 1. The lowest BCUT2D eigenvalue weighted by molar-refractivity contribution is 0.306. The summed E-state index contributed by atoms with van der Waals surface area (Å²) in [6.07, 6.45) is 3.46. The van der Waals surface area contributed by atoms with Crippen LogP contribution in [0.3, 0.4) is 0 Å². The van der Waals surface area contributed by atoms with E-state index in [1.54, 1.807) is 12.4 Å². The summed E-state index contributed by atoms with van der Waals surface area (Å²) in [7, 11) is 0. The van der Waals surface area contributed by atoms with E-state index in [0.717, 1.165) is 16.9 Å². The van der Waals surface area contributed by atoms with Gasteiger partial charge in [0.1, 0.15) is 18.2 Å². The summed E-state index contributed by atoms with van der Waals surface area (Å²) in [5.74, 6) is 1.52. The molecule has 4 heteroatoms. The third-order valence-corrected chi connectivity index (χ3v) is 3.16. The first-order chi connectivity index (χ1) is 11.4. The van der Waals surface area contributed by atoms with Gasteiger partial charge in [0.15, 0.2) is 0 Å². The number of pyridine rings is 1. The van der Waals surface area contributed by atoms with Gasteiger partial charge in [0, 0.05) is 6.20 Å². The maximum absolute atomic E-state index is 5.80. The van der Waals surface area contributed by atoms with Crippen molar-refractivity contribution in [1.29, 1.82) is 0 Å². The Morgan fingerprint density at radius 3 is 2.65 bits per heavy atom. The van der Waals surface area contributed by atoms with Crippen LogP contribution in [0, 0.1) is 0 Å². The van der Waals surface area contributed by atoms with Gasteiger partial charge in [0.2, 0.25) is 0 Å². The molecule has 0 amide bonds. The SMILES string of the molecule is C(=N\Nc1ccccn1)/c1cccc(OCc2ccccc2)c1. The van der Waals surface area contributed by atoms with Crippen molar-refractivity contribution in [1.82, 2.24) is 4.98 Å². The highest BCUT2D eigenvalue weighted by molar-refractivity contribution is 5.80. The Balaban J connectivity index is 1.58. The number of ether oxygens (including phenoxy) is 1. The zero-order chi connectivity index (χ0) is 15.7. The normalized spacial score (nSPS) is 10.6. The van der Waals surface area contributed by atoms with Crippen LogP contribution in [0.4, 0.5) is 5.82 Å². The second kappa shape index (κ2) is 7.75. The molecule has 2 aromatic carbocycles. The minimum absolute atomic E-state index is 0.549. The lowest BCUT2D eigenvalue weighted by Crippen LogP contribution is -1.96. The van der Waals surface area contributed by atoms with Crippen LogP contribution in [0.15, 0.2) is 84.1 Å². The minimum atomic E-state index is 0.549. The van der Waals surface area contributed by atoms with E-state index in [0.29, 0.717) is 12.4 Å². The van der Waals surface area contributed by atoms with Crippen molar-refractivity contribution >= 4 is 12.0 Å². The Bertz CT molecular complexity index is 758. The number of hydrogen-bond acceptors (Lipinski definition) is 4. The number of nitrogens with zero attached hydrogens (tertiary/aromatic N) is 2. The number of benzene rings is 2. The molecule has 0 spiro atoms. The van der Waals surface area contributed by atoms with Crippen LogP contribution in [0.25, 0.3) is 0 Å². The highest BCUT2D eigenvalue weighted by Gasteiger charge is 1.97. The highest BCUT2D eigenvalue weighted by Crippen LogP contribution is 2.14. The van der Waals surface area contributed by atoms with Crippen molar-refractivity contribution in [2.24, 2.45) is 5.10 Å². The lowest BCUT2D eigenvalue weighted by atomic mass is 10.2. The number of rotatable bonds is 6. The van der Waals surface area contributed by atoms with E-state index in [1.807, 2.05) is 72.8 Å². The highest BCUT2D eigenvalue weighted by atomic mass is 16.5. The van der Waals surface area contributed by atoms with Crippen LogP contribution < -0.4 is 10.2 Å². The van der Waals surface area contributed by atoms with Crippen molar-refractivity contribution in [3.05, 3.63) is 90.1 Å². The van der Waals surface area contributed by atoms with E-state index >= 15 is 0 Å². The Morgan fingerprint density at radius 1 is 0.957 bits per heavy atom. The van der Waals surface area contributed by atoms with E-state index in [-0.39, 0.29) is 0 Å². The predicted octanol–water partition coefficient (Wildman–Crippen LogP) is 4.11. The topological polar surface area (TPSA) is 46.5 Å². The average Bonchev–Trinajstić information content (AvgIpc) is 2.62. The van der Waals surface area contributed by atoms with Crippen LogP contribution in [0.5, 0.6) is 5.75 Å². The zero-order valence-electron chi connectivity index (χ0n) is 12.6. The summed E-state index contributed by atoms with van der Waals surface area (Å²) in [6.45, 7) is 0.549. The molecule has 114 valence electrons. The van der Waals surface area contributed by atoms with Gasteiger partial charge >= 0.3 is 0 Å². The van der Waals surface area contributed by atoms with Crippen LogP contribution in [-0.2, 0) is 6.61 Å². The fourth-order valence-electron chi connectivity index (χ4n) is 2.03. The van der Waals surface area contributed by atoms with Crippen molar-refractivity contribution in [2.45, 2.75) is 6.61 Å². The Hall–Kier alpha value is -3.14. The molecule has 0 aliphatic heterocycles. The quantitative estimate of drug-likeness (QED) is 0.550. The summed E-state index contributed by atoms with van der Waals surface area (Å²) < 4.78 is 5.80. The van der Waals surface area contributed by atoms with Gasteiger partial charge in [0.25, 0.3) is 0 Å². The summed E-state index contributed by atoms with van der Waals surface area (Å²) in [5.41, 5.74) is 4.99. The maximum Gasteiger partial charge on any atom is 0.146 e. The standard InChI is InChI=1S/C19H17N3O/c1-2-7-16(8-3-1)15-23-18-10-6-9-17(13-18)14-21-22-19-11-4-5-12-20-19/h1-14H,15H2,(H,20,22)/b21-14+. The van der Waals surface area contributed by atoms with Crippen molar-refractivity contribution in [3.8, 4) is 5.75 Å². The Labute approximate surface area is 135 Å². The molecule has 0 aliphatic carbocycles. The third kappa shape index (κ3) is 4.68. The molecule has 3 rings (SSSR count). The van der Waals surface area contributed by atoms with Gasteiger partial charge in [-0.15, -0.1) is 0 Å². The molecule has 0 aliphatic rings. The van der Waals surface area contributed by atoms with Gasteiger partial charge in [-0.1, -0.05) is 48.5 Å². The molecular weight excluding hydrogens is 286 g/mol. The molecule has 0 bridgehead atoms. The van der Waals surface area contributed by atoms with Gasteiger partial charge in [-0.2, -0.15) is 5.10 Å². The molecule has 4 nitrogen and oxygen atoms in total. The Kier molecular flexibility index (Phi) is 4.98. The first-order valence-corrected chi connectivity index (χ1v) is 7.37. The minimum Gasteiger partial charge on any atom is -0.489 e. The zero-order valence-corrected chi connectivity index (χ0v) is 12.6. The second-order valence-corrected chi connectivity index (χ2v) is 4.93. The first-order valence-electron chi connectivity index (χ1n) is 7.37. The molecular formula is C19H17N3O. The molecule has 0 atom stereocenters. The van der Waals surface area contributed by atoms with E-state index in [4.69, 9.17) is 4.74 Å². The number of nitrogens with one attached hydrogen (secondary N) is 1. The molecule has 3 aromatic rings. The molecule has 0 saturated carbocycles. The monoisotopic (exact) mass is 303 g/mol. The first kappa shape index (κ1) is 14.8. The van der Waals surface area contributed by atoms with E-state index in [1.165, 1.54) is 0 Å². The van der Waals surface area contributed by atoms with Crippen molar-refractivity contribution < 1.29 is 4.74 Å². The van der Waals surface area contributed by atoms with Crippen molar-refractivity contribution in [3.63, 3.8) is 0 Å². The molecule has 0 radical (unpaired) electrons. The van der Waals surface area contributed by atoms with Gasteiger partial charge < -0.3 is 4.74 Å². The molecule has 23 heavy (non-hydrogen) atoms. The summed E-state index contributed by atoms with van der Waals surface area (Å²) >= 11 is 0. The van der Waals surface area contributed by atoms with Crippen molar-refractivity contribution in [2.75, 3.05) is 5.43 Å². The van der Waals surface area contributed by atoms with E-state index in [9.17, 15) is 0 Å². The molecule has 1 heterocycles. The Morgan fingerprint density at radius 2 is 1.83 bits per heavy atom. The number of hydrogen-bond donors (Lipinski definition) is 1. The van der Waals surface area contributed by atoms with E-state index in [2.05, 4.69) is 15.5 Å². The maximum atomic E-state index is 5.80. The van der Waals surface area contributed by atoms with Gasteiger partial charge in [0.05, 0.1) is 6.21 Å². The van der Waals surface area contributed by atoms with Crippen LogP contribution in [0.1, 0.15) is 11.1 Å². The molecule has 0 saturated heterocycles. The van der Waals surface area contributed by atoms with Crippen LogP contribution in [-0.4, -0.2) is 11.2 Å². The molecule has 1 N–H and O–H groups in total. The van der Waals surface area contributed by atoms with Gasteiger partial charge in [-0.3, -0.25) is 5.43 Å². The summed E-state index contributed by atoms with van der Waals surface area (Å²) in [4.78, 5) is 4.14. The fraction of sp³-hybridized carbons (Fsp3) is 0.0526. The molecule has 1 aromatic heterocycles. The summed E-state index contributed by atoms with van der Waals surface area (Å²) in [6, 6.07) is 23.5. The third-order valence-electron chi connectivity index (χ3n) is 3.16. The second-order valence-electron chi connectivity index (χ2n) is 4.93. The predicted molar refractivity (Wildman–Crippen MR) is 92.7 cm³/mol. The average molecular weight is 303 g/mol. The van der Waals surface area contributed by atoms with Gasteiger partial charge in [-0.05, 0) is 35.4 Å². The number of hydrazone groups is 1. The van der Waals surface area contributed by atoms with Gasteiger partial charge in [-0.25, -0.2) is 4.98 Å². The number of aromatic nitrogens is 1. The van der Waals surface area contributed by atoms with Crippen LogP contribution >= 0.6 is 0 Å². The van der Waals surface area contributed by atoms with Crippen LogP contribution in [0.2, 0.25) is 0 Å². The smallest absolute Gasteiger partial charge is 0.146 e. The molecule has 0 unspecified atom stereocenters. The van der Waals surface area contributed by atoms with E-state index < -0.39 is 0 Å². The molecule has 0 fully saturated rings. The fourth-order valence-corrected chi connectivity index (χ4v) is 2.03.